The van der Waals surface area contributed by atoms with Crippen molar-refractivity contribution in [3.63, 3.8) is 0 Å². The van der Waals surface area contributed by atoms with Gasteiger partial charge in [0.15, 0.2) is 0 Å². The first-order valence-electron chi connectivity index (χ1n) is 6.03. The Morgan fingerprint density at radius 1 is 1.44 bits per heavy atom. The van der Waals surface area contributed by atoms with Gasteiger partial charge in [-0.2, -0.15) is 0 Å². The molecule has 0 saturated carbocycles. The average Bonchev–Trinajstić information content (AvgIpc) is 2.89. The largest absolute Gasteiger partial charge is 0.354 e. The molecule has 0 aromatic heterocycles. The van der Waals surface area contributed by atoms with Gasteiger partial charge in [-0.3, -0.25) is 9.59 Å². The molecular weight excluding hydrogens is 206 g/mol. The quantitative estimate of drug-likeness (QED) is 0.597. The summed E-state index contributed by atoms with van der Waals surface area (Å²) in [5, 5.41) is 8.86. The molecule has 0 radical (unpaired) electrons. The van der Waals surface area contributed by atoms with Crippen molar-refractivity contribution < 1.29 is 9.59 Å². The summed E-state index contributed by atoms with van der Waals surface area (Å²) in [4.78, 5) is 22.6. The highest BCUT2D eigenvalue weighted by Crippen LogP contribution is 2.11. The lowest BCUT2D eigenvalue weighted by Gasteiger charge is -2.12. The molecule has 2 aliphatic rings. The van der Waals surface area contributed by atoms with Gasteiger partial charge in [0.25, 0.3) is 0 Å². The van der Waals surface area contributed by atoms with Crippen molar-refractivity contribution in [1.82, 2.24) is 16.0 Å². The maximum Gasteiger partial charge on any atom is 0.242 e. The van der Waals surface area contributed by atoms with E-state index in [2.05, 4.69) is 16.0 Å². The monoisotopic (exact) mass is 225 g/mol. The third kappa shape index (κ3) is 2.95. The zero-order chi connectivity index (χ0) is 11.4. The van der Waals surface area contributed by atoms with Crippen LogP contribution in [-0.2, 0) is 9.59 Å². The second-order valence-electron chi connectivity index (χ2n) is 4.60. The molecule has 0 aliphatic carbocycles. The van der Waals surface area contributed by atoms with Crippen molar-refractivity contribution in [1.29, 1.82) is 0 Å². The fourth-order valence-electron chi connectivity index (χ4n) is 2.29. The van der Waals surface area contributed by atoms with Crippen LogP contribution < -0.4 is 16.0 Å². The summed E-state index contributed by atoms with van der Waals surface area (Å²) >= 11 is 0. The average molecular weight is 225 g/mol. The van der Waals surface area contributed by atoms with Crippen LogP contribution in [-0.4, -0.2) is 37.5 Å². The van der Waals surface area contributed by atoms with E-state index in [4.69, 9.17) is 0 Å². The smallest absolute Gasteiger partial charge is 0.242 e. The lowest BCUT2D eigenvalue weighted by atomic mass is 10.1. The molecule has 0 bridgehead atoms. The second-order valence-corrected chi connectivity index (χ2v) is 4.60. The van der Waals surface area contributed by atoms with Crippen LogP contribution in [0.5, 0.6) is 0 Å². The number of carbonyl (C=O) groups excluding carboxylic acids is 2. The van der Waals surface area contributed by atoms with Crippen molar-refractivity contribution in [3.8, 4) is 0 Å². The highest BCUT2D eigenvalue weighted by molar-refractivity contribution is 5.90. The molecule has 5 nitrogen and oxygen atoms in total. The molecule has 0 aromatic rings. The van der Waals surface area contributed by atoms with Gasteiger partial charge in [0.1, 0.15) is 6.04 Å². The molecule has 2 rings (SSSR count). The van der Waals surface area contributed by atoms with E-state index in [1.165, 1.54) is 6.42 Å². The van der Waals surface area contributed by atoms with E-state index in [0.29, 0.717) is 18.8 Å². The van der Waals surface area contributed by atoms with E-state index in [1.807, 2.05) is 0 Å². The standard InChI is InChI=1S/C11H19N3O2/c15-10-2-1-9(14-10)11(16)13-6-4-8-3-5-12-7-8/h8-9,12H,1-7H2,(H,13,16)(H,14,15)/t8?,9-/m0/s1. The summed E-state index contributed by atoms with van der Waals surface area (Å²) in [7, 11) is 0. The molecule has 1 unspecified atom stereocenters. The Morgan fingerprint density at radius 2 is 2.31 bits per heavy atom. The second kappa shape index (κ2) is 5.30. The molecule has 3 N–H and O–H groups in total. The molecule has 2 aliphatic heterocycles. The first kappa shape index (κ1) is 11.4. The minimum Gasteiger partial charge on any atom is -0.354 e. The molecule has 5 heteroatoms. The minimum atomic E-state index is -0.297. The Balaban J connectivity index is 1.61. The lowest BCUT2D eigenvalue weighted by Crippen LogP contribution is -2.42. The number of carbonyl (C=O) groups is 2. The summed E-state index contributed by atoms with van der Waals surface area (Å²) in [6, 6.07) is -0.297. The highest BCUT2D eigenvalue weighted by Gasteiger charge is 2.26. The molecule has 16 heavy (non-hydrogen) atoms. The number of hydrogen-bond acceptors (Lipinski definition) is 3. The number of nitrogens with one attached hydrogen (secondary N) is 3. The van der Waals surface area contributed by atoms with Crippen LogP contribution in [0.25, 0.3) is 0 Å². The van der Waals surface area contributed by atoms with Crippen molar-refractivity contribution in [2.75, 3.05) is 19.6 Å². The normalized spacial score (nSPS) is 29.1. The Labute approximate surface area is 95.3 Å². The van der Waals surface area contributed by atoms with Gasteiger partial charge in [-0.05, 0) is 38.3 Å². The minimum absolute atomic E-state index is 0.0138. The summed E-state index contributed by atoms with van der Waals surface area (Å²) in [6.07, 6.45) is 3.34. The fourth-order valence-corrected chi connectivity index (χ4v) is 2.29. The van der Waals surface area contributed by atoms with Gasteiger partial charge in [-0.25, -0.2) is 0 Å². The SMILES string of the molecule is O=C1CC[C@@H](C(=O)NCCC2CCNC2)N1. The highest BCUT2D eigenvalue weighted by atomic mass is 16.2. The molecule has 2 fully saturated rings. The van der Waals surface area contributed by atoms with Crippen LogP contribution in [0.1, 0.15) is 25.7 Å². The molecule has 2 amide bonds. The molecule has 2 atom stereocenters. The lowest BCUT2D eigenvalue weighted by molar-refractivity contribution is -0.125. The molecule has 0 spiro atoms. The van der Waals surface area contributed by atoms with Crippen molar-refractivity contribution in [2.24, 2.45) is 5.92 Å². The van der Waals surface area contributed by atoms with Gasteiger partial charge in [0, 0.05) is 13.0 Å². The molecule has 0 aromatic carbocycles. The predicted octanol–water partition coefficient (Wildman–Crippen LogP) is -0.619. The summed E-state index contributed by atoms with van der Waals surface area (Å²) in [5.74, 6) is 0.649. The van der Waals surface area contributed by atoms with E-state index >= 15 is 0 Å². The van der Waals surface area contributed by atoms with Crippen LogP contribution in [0.3, 0.4) is 0 Å². The summed E-state index contributed by atoms with van der Waals surface area (Å²) < 4.78 is 0. The topological polar surface area (TPSA) is 70.2 Å². The summed E-state index contributed by atoms with van der Waals surface area (Å²) in [6.45, 7) is 2.88. The predicted molar refractivity (Wildman–Crippen MR) is 59.8 cm³/mol. The van der Waals surface area contributed by atoms with Crippen molar-refractivity contribution >= 4 is 11.8 Å². The van der Waals surface area contributed by atoms with Gasteiger partial charge in [0.05, 0.1) is 0 Å². The van der Waals surface area contributed by atoms with Crippen LogP contribution in [0.2, 0.25) is 0 Å². The van der Waals surface area contributed by atoms with Crippen LogP contribution in [0.4, 0.5) is 0 Å². The first-order valence-corrected chi connectivity index (χ1v) is 6.03. The van der Waals surface area contributed by atoms with E-state index in [1.54, 1.807) is 0 Å². The molecule has 2 saturated heterocycles. The number of amides is 2. The van der Waals surface area contributed by atoms with E-state index < -0.39 is 0 Å². The first-order chi connectivity index (χ1) is 7.75. The molecule has 2 heterocycles. The third-order valence-corrected chi connectivity index (χ3v) is 3.33. The molecule has 90 valence electrons. The Bertz CT molecular complexity index is 274. The number of rotatable bonds is 4. The van der Waals surface area contributed by atoms with E-state index in [9.17, 15) is 9.59 Å². The van der Waals surface area contributed by atoms with Gasteiger partial charge >= 0.3 is 0 Å². The van der Waals surface area contributed by atoms with Gasteiger partial charge in [-0.1, -0.05) is 0 Å². The summed E-state index contributed by atoms with van der Waals surface area (Å²) in [5.41, 5.74) is 0. The maximum absolute atomic E-state index is 11.6. The van der Waals surface area contributed by atoms with Gasteiger partial charge in [0.2, 0.25) is 11.8 Å². The third-order valence-electron chi connectivity index (χ3n) is 3.33. The zero-order valence-corrected chi connectivity index (χ0v) is 9.42. The van der Waals surface area contributed by atoms with Crippen molar-refractivity contribution in [2.45, 2.75) is 31.7 Å². The molecular formula is C11H19N3O2. The van der Waals surface area contributed by atoms with Crippen LogP contribution in [0, 0.1) is 5.92 Å². The van der Waals surface area contributed by atoms with Gasteiger partial charge in [-0.15, -0.1) is 0 Å². The number of hydrogen-bond donors (Lipinski definition) is 3. The van der Waals surface area contributed by atoms with E-state index in [0.717, 1.165) is 26.1 Å². The van der Waals surface area contributed by atoms with Crippen LogP contribution >= 0.6 is 0 Å². The Morgan fingerprint density at radius 3 is 2.94 bits per heavy atom. The zero-order valence-electron chi connectivity index (χ0n) is 9.42. The fraction of sp³-hybridized carbons (Fsp3) is 0.818. The Hall–Kier alpha value is -1.10. The maximum atomic E-state index is 11.6. The van der Waals surface area contributed by atoms with Crippen molar-refractivity contribution in [3.05, 3.63) is 0 Å². The van der Waals surface area contributed by atoms with E-state index in [-0.39, 0.29) is 17.9 Å². The van der Waals surface area contributed by atoms with Gasteiger partial charge < -0.3 is 16.0 Å². The Kier molecular flexibility index (Phi) is 3.77. The van der Waals surface area contributed by atoms with Crippen LogP contribution in [0.15, 0.2) is 0 Å².